The first-order valence-corrected chi connectivity index (χ1v) is 6.76. The first-order chi connectivity index (χ1) is 10.2. The molecule has 1 aromatic heterocycles. The SMILES string of the molecule is N#Cc1cccc(-c2nc(-c3cc(F)ccc3Br)no2)c1. The molecule has 3 rings (SSSR count). The van der Waals surface area contributed by atoms with Crippen molar-refractivity contribution >= 4 is 15.9 Å². The van der Waals surface area contributed by atoms with Crippen LogP contribution in [0.4, 0.5) is 4.39 Å². The van der Waals surface area contributed by atoms with E-state index in [0.717, 1.165) is 0 Å². The third-order valence-corrected chi connectivity index (χ3v) is 3.53. The Bertz CT molecular complexity index is 854. The molecule has 0 radical (unpaired) electrons. The zero-order valence-electron chi connectivity index (χ0n) is 10.5. The molecule has 0 saturated heterocycles. The van der Waals surface area contributed by atoms with E-state index in [1.165, 1.54) is 12.1 Å². The molecule has 0 N–H and O–H groups in total. The van der Waals surface area contributed by atoms with Gasteiger partial charge >= 0.3 is 0 Å². The maximum Gasteiger partial charge on any atom is 0.258 e. The van der Waals surface area contributed by atoms with Gasteiger partial charge in [0.05, 0.1) is 11.6 Å². The van der Waals surface area contributed by atoms with Crippen molar-refractivity contribution in [2.45, 2.75) is 0 Å². The summed E-state index contributed by atoms with van der Waals surface area (Å²) in [5.74, 6) is 0.169. The highest BCUT2D eigenvalue weighted by Gasteiger charge is 2.14. The standard InChI is InChI=1S/C15H7BrFN3O/c16-13-5-4-11(17)7-12(13)14-19-15(21-20-14)10-3-1-2-9(6-10)8-18/h1-7H. The highest BCUT2D eigenvalue weighted by Crippen LogP contribution is 2.28. The molecule has 0 aliphatic carbocycles. The van der Waals surface area contributed by atoms with Crippen LogP contribution in [0.1, 0.15) is 5.56 Å². The van der Waals surface area contributed by atoms with Gasteiger partial charge in [-0.15, -0.1) is 0 Å². The van der Waals surface area contributed by atoms with Gasteiger partial charge < -0.3 is 4.52 Å². The first kappa shape index (κ1) is 13.5. The average Bonchev–Trinajstić information content (AvgIpc) is 2.99. The molecular weight excluding hydrogens is 337 g/mol. The van der Waals surface area contributed by atoms with Crippen LogP contribution in [-0.2, 0) is 0 Å². The zero-order chi connectivity index (χ0) is 14.8. The molecule has 0 saturated carbocycles. The monoisotopic (exact) mass is 343 g/mol. The molecule has 0 aliphatic rings. The van der Waals surface area contributed by atoms with Crippen molar-refractivity contribution in [3.05, 3.63) is 58.3 Å². The van der Waals surface area contributed by atoms with Crippen molar-refractivity contribution < 1.29 is 8.91 Å². The number of hydrogen-bond donors (Lipinski definition) is 0. The van der Waals surface area contributed by atoms with Gasteiger partial charge in [0.15, 0.2) is 0 Å². The Balaban J connectivity index is 2.04. The van der Waals surface area contributed by atoms with Crippen molar-refractivity contribution in [1.82, 2.24) is 10.1 Å². The molecule has 102 valence electrons. The van der Waals surface area contributed by atoms with Crippen LogP contribution in [0.25, 0.3) is 22.8 Å². The lowest BCUT2D eigenvalue weighted by Gasteiger charge is -1.98. The van der Waals surface area contributed by atoms with Crippen LogP contribution in [-0.4, -0.2) is 10.1 Å². The first-order valence-electron chi connectivity index (χ1n) is 5.97. The van der Waals surface area contributed by atoms with Crippen LogP contribution in [0.2, 0.25) is 0 Å². The molecule has 0 atom stereocenters. The van der Waals surface area contributed by atoms with E-state index in [-0.39, 0.29) is 17.5 Å². The second kappa shape index (κ2) is 5.46. The quantitative estimate of drug-likeness (QED) is 0.700. The minimum absolute atomic E-state index is 0.276. The van der Waals surface area contributed by atoms with Gasteiger partial charge in [-0.3, -0.25) is 0 Å². The molecule has 0 unspecified atom stereocenters. The fraction of sp³-hybridized carbons (Fsp3) is 0. The number of halogens is 2. The van der Waals surface area contributed by atoms with Crippen LogP contribution in [0.3, 0.4) is 0 Å². The molecule has 3 aromatic rings. The third kappa shape index (κ3) is 2.69. The number of nitriles is 1. The van der Waals surface area contributed by atoms with E-state index < -0.39 is 0 Å². The van der Waals surface area contributed by atoms with Gasteiger partial charge in [-0.05, 0) is 36.4 Å². The Morgan fingerprint density at radius 2 is 2.05 bits per heavy atom. The summed E-state index contributed by atoms with van der Waals surface area (Å²) in [4.78, 5) is 4.24. The Morgan fingerprint density at radius 3 is 2.86 bits per heavy atom. The van der Waals surface area contributed by atoms with Crippen molar-refractivity contribution in [2.75, 3.05) is 0 Å². The van der Waals surface area contributed by atoms with Gasteiger partial charge in [0, 0.05) is 15.6 Å². The van der Waals surface area contributed by atoms with E-state index in [9.17, 15) is 4.39 Å². The molecule has 4 nitrogen and oxygen atoms in total. The van der Waals surface area contributed by atoms with Crippen LogP contribution in [0.5, 0.6) is 0 Å². The topological polar surface area (TPSA) is 62.7 Å². The largest absolute Gasteiger partial charge is 0.334 e. The van der Waals surface area contributed by atoms with Crippen LogP contribution < -0.4 is 0 Å². The second-order valence-corrected chi connectivity index (χ2v) is 5.09. The number of hydrogen-bond acceptors (Lipinski definition) is 4. The van der Waals surface area contributed by atoms with Gasteiger partial charge in [0.25, 0.3) is 5.89 Å². The highest BCUT2D eigenvalue weighted by molar-refractivity contribution is 9.10. The number of rotatable bonds is 2. The fourth-order valence-corrected chi connectivity index (χ4v) is 2.26. The zero-order valence-corrected chi connectivity index (χ0v) is 12.1. The van der Waals surface area contributed by atoms with Crippen molar-refractivity contribution in [3.63, 3.8) is 0 Å². The molecule has 6 heteroatoms. The Morgan fingerprint density at radius 1 is 1.19 bits per heavy atom. The molecule has 1 heterocycles. The van der Waals surface area contributed by atoms with Gasteiger partial charge in [-0.1, -0.05) is 27.2 Å². The fourth-order valence-electron chi connectivity index (χ4n) is 1.84. The number of aromatic nitrogens is 2. The Kier molecular flexibility index (Phi) is 3.50. The van der Waals surface area contributed by atoms with Crippen LogP contribution in [0, 0.1) is 17.1 Å². The second-order valence-electron chi connectivity index (χ2n) is 4.24. The van der Waals surface area contributed by atoms with Crippen molar-refractivity contribution in [3.8, 4) is 28.9 Å². The molecular formula is C15H7BrFN3O. The normalized spacial score (nSPS) is 10.3. The summed E-state index contributed by atoms with van der Waals surface area (Å²) in [6, 6.07) is 13.1. The lowest BCUT2D eigenvalue weighted by atomic mass is 10.1. The van der Waals surface area contributed by atoms with Gasteiger partial charge in [-0.25, -0.2) is 4.39 Å². The minimum atomic E-state index is -0.383. The number of nitrogens with zero attached hydrogens (tertiary/aromatic N) is 3. The molecule has 0 spiro atoms. The number of benzene rings is 2. The molecule has 0 amide bonds. The van der Waals surface area contributed by atoms with Gasteiger partial charge in [0.1, 0.15) is 5.82 Å². The van der Waals surface area contributed by atoms with Gasteiger partial charge in [0.2, 0.25) is 5.82 Å². The molecule has 0 fully saturated rings. The van der Waals surface area contributed by atoms with Crippen LogP contribution >= 0.6 is 15.9 Å². The summed E-state index contributed by atoms with van der Waals surface area (Å²) in [5, 5.41) is 12.7. The van der Waals surface area contributed by atoms with Crippen molar-refractivity contribution in [2.24, 2.45) is 0 Å². The lowest BCUT2D eigenvalue weighted by molar-refractivity contribution is 0.432. The highest BCUT2D eigenvalue weighted by atomic mass is 79.9. The molecule has 2 aromatic carbocycles. The van der Waals surface area contributed by atoms with Crippen LogP contribution in [0.15, 0.2) is 51.5 Å². The summed E-state index contributed by atoms with van der Waals surface area (Å²) in [5.41, 5.74) is 1.64. The third-order valence-electron chi connectivity index (χ3n) is 2.83. The van der Waals surface area contributed by atoms with E-state index in [2.05, 4.69) is 26.1 Å². The summed E-state index contributed by atoms with van der Waals surface area (Å²) < 4.78 is 19.2. The maximum atomic E-state index is 13.3. The molecule has 21 heavy (non-hydrogen) atoms. The smallest absolute Gasteiger partial charge is 0.258 e. The summed E-state index contributed by atoms with van der Waals surface area (Å²) in [6.45, 7) is 0. The van der Waals surface area contributed by atoms with E-state index in [0.29, 0.717) is 21.2 Å². The van der Waals surface area contributed by atoms with Crippen molar-refractivity contribution in [1.29, 1.82) is 5.26 Å². The van der Waals surface area contributed by atoms with E-state index in [4.69, 9.17) is 9.78 Å². The van der Waals surface area contributed by atoms with E-state index in [1.807, 2.05) is 6.07 Å². The average molecular weight is 344 g/mol. The lowest BCUT2D eigenvalue weighted by Crippen LogP contribution is -1.85. The summed E-state index contributed by atoms with van der Waals surface area (Å²) in [7, 11) is 0. The maximum absolute atomic E-state index is 13.3. The minimum Gasteiger partial charge on any atom is -0.334 e. The van der Waals surface area contributed by atoms with E-state index in [1.54, 1.807) is 30.3 Å². The summed E-state index contributed by atoms with van der Waals surface area (Å²) in [6.07, 6.45) is 0. The van der Waals surface area contributed by atoms with E-state index >= 15 is 0 Å². The van der Waals surface area contributed by atoms with Gasteiger partial charge in [-0.2, -0.15) is 10.2 Å². The predicted molar refractivity (Wildman–Crippen MR) is 77.5 cm³/mol. The summed E-state index contributed by atoms with van der Waals surface area (Å²) >= 11 is 3.32. The molecule has 0 bridgehead atoms. The Labute approximate surface area is 128 Å². The Hall–Kier alpha value is -2.52. The predicted octanol–water partition coefficient (Wildman–Crippen LogP) is 4.18. The molecule has 0 aliphatic heterocycles.